The van der Waals surface area contributed by atoms with E-state index < -0.39 is 5.97 Å². The monoisotopic (exact) mass is 280 g/mol. The summed E-state index contributed by atoms with van der Waals surface area (Å²) in [5.74, 6) is -0.119. The Hall–Kier alpha value is -1.59. The zero-order chi connectivity index (χ0) is 14.2. The molecule has 1 aromatic rings. The molecule has 0 spiro atoms. The lowest BCUT2D eigenvalue weighted by Crippen LogP contribution is -2.24. The Bertz CT molecular complexity index is 409. The molecule has 1 heterocycles. The van der Waals surface area contributed by atoms with Crippen LogP contribution in [0.5, 0.6) is 5.75 Å². The molecule has 5 nitrogen and oxygen atoms in total. The van der Waals surface area contributed by atoms with Crippen molar-refractivity contribution in [1.29, 1.82) is 0 Å². The highest BCUT2D eigenvalue weighted by Crippen LogP contribution is 2.15. The van der Waals surface area contributed by atoms with Crippen molar-refractivity contribution in [1.82, 2.24) is 0 Å². The highest BCUT2D eigenvalue weighted by molar-refractivity contribution is 5.70. The van der Waals surface area contributed by atoms with E-state index in [0.717, 1.165) is 31.4 Å². The van der Waals surface area contributed by atoms with Gasteiger partial charge < -0.3 is 19.3 Å². The average molecular weight is 280 g/mol. The fourth-order valence-corrected chi connectivity index (χ4v) is 2.06. The van der Waals surface area contributed by atoms with Gasteiger partial charge in [-0.25, -0.2) is 0 Å². The zero-order valence-corrected chi connectivity index (χ0v) is 11.4. The van der Waals surface area contributed by atoms with Crippen molar-refractivity contribution in [2.24, 2.45) is 0 Å². The van der Waals surface area contributed by atoms with Gasteiger partial charge in [0.05, 0.1) is 13.0 Å². The number of ether oxygens (including phenoxy) is 3. The van der Waals surface area contributed by atoms with Crippen LogP contribution in [0.15, 0.2) is 24.3 Å². The van der Waals surface area contributed by atoms with Crippen molar-refractivity contribution in [2.45, 2.75) is 32.0 Å². The number of carboxylic acid groups (broad SMARTS) is 1. The molecule has 0 amide bonds. The van der Waals surface area contributed by atoms with Gasteiger partial charge in [0.15, 0.2) is 6.29 Å². The Morgan fingerprint density at radius 2 is 2.05 bits per heavy atom. The minimum absolute atomic E-state index is 0.0302. The minimum Gasteiger partial charge on any atom is -0.491 e. The quantitative estimate of drug-likeness (QED) is 0.776. The van der Waals surface area contributed by atoms with Crippen LogP contribution in [0.4, 0.5) is 0 Å². The van der Waals surface area contributed by atoms with E-state index in [9.17, 15) is 4.79 Å². The van der Waals surface area contributed by atoms with Crippen molar-refractivity contribution < 1.29 is 24.1 Å². The summed E-state index contributed by atoms with van der Waals surface area (Å²) >= 11 is 0. The third-order valence-corrected chi connectivity index (χ3v) is 3.07. The molecule has 5 heteroatoms. The van der Waals surface area contributed by atoms with Crippen molar-refractivity contribution >= 4 is 5.97 Å². The second-order valence-electron chi connectivity index (χ2n) is 4.73. The highest BCUT2D eigenvalue weighted by atomic mass is 16.7. The molecule has 1 saturated heterocycles. The number of hydrogen-bond acceptors (Lipinski definition) is 4. The van der Waals surface area contributed by atoms with Crippen LogP contribution in [-0.4, -0.2) is 37.2 Å². The van der Waals surface area contributed by atoms with E-state index in [2.05, 4.69) is 0 Å². The van der Waals surface area contributed by atoms with Crippen molar-refractivity contribution in [3.63, 3.8) is 0 Å². The summed E-state index contributed by atoms with van der Waals surface area (Å²) < 4.78 is 16.5. The molecule has 1 aliphatic heterocycles. The Labute approximate surface area is 118 Å². The Balaban J connectivity index is 1.64. The molecule has 1 aliphatic rings. The smallest absolute Gasteiger partial charge is 0.307 e. The number of benzene rings is 1. The van der Waals surface area contributed by atoms with Gasteiger partial charge >= 0.3 is 5.97 Å². The van der Waals surface area contributed by atoms with E-state index in [4.69, 9.17) is 19.3 Å². The summed E-state index contributed by atoms with van der Waals surface area (Å²) in [4.78, 5) is 10.6. The lowest BCUT2D eigenvalue weighted by molar-refractivity contribution is -0.165. The van der Waals surface area contributed by atoms with Crippen LogP contribution < -0.4 is 4.74 Å². The normalized spacial score (nSPS) is 18.7. The maximum atomic E-state index is 10.6. The minimum atomic E-state index is -0.834. The molecular weight excluding hydrogens is 260 g/mol. The molecule has 1 atom stereocenters. The fraction of sp³-hybridized carbons (Fsp3) is 0.533. The third-order valence-electron chi connectivity index (χ3n) is 3.07. The summed E-state index contributed by atoms with van der Waals surface area (Å²) in [6, 6.07) is 7.06. The van der Waals surface area contributed by atoms with Gasteiger partial charge in [-0.2, -0.15) is 0 Å². The Morgan fingerprint density at radius 1 is 1.25 bits per heavy atom. The molecular formula is C15H20O5. The van der Waals surface area contributed by atoms with Gasteiger partial charge in [-0.1, -0.05) is 12.1 Å². The molecule has 1 aromatic carbocycles. The van der Waals surface area contributed by atoms with Gasteiger partial charge in [-0.15, -0.1) is 0 Å². The van der Waals surface area contributed by atoms with Gasteiger partial charge in [0, 0.05) is 6.61 Å². The molecule has 0 radical (unpaired) electrons. The molecule has 0 bridgehead atoms. The summed E-state index contributed by atoms with van der Waals surface area (Å²) in [5.41, 5.74) is 0.761. The second kappa shape index (κ2) is 7.87. The van der Waals surface area contributed by atoms with Gasteiger partial charge in [0.25, 0.3) is 0 Å². The third kappa shape index (κ3) is 5.19. The first-order valence-electron chi connectivity index (χ1n) is 6.91. The largest absolute Gasteiger partial charge is 0.491 e. The lowest BCUT2D eigenvalue weighted by atomic mass is 10.1. The average Bonchev–Trinajstić information content (AvgIpc) is 2.46. The molecule has 20 heavy (non-hydrogen) atoms. The van der Waals surface area contributed by atoms with Gasteiger partial charge in [0.1, 0.15) is 12.4 Å². The van der Waals surface area contributed by atoms with Crippen LogP contribution in [0.1, 0.15) is 24.8 Å². The molecule has 2 rings (SSSR count). The lowest BCUT2D eigenvalue weighted by Gasteiger charge is -2.22. The molecule has 1 fully saturated rings. The topological polar surface area (TPSA) is 65.0 Å². The van der Waals surface area contributed by atoms with Crippen LogP contribution in [0.2, 0.25) is 0 Å². The Kier molecular flexibility index (Phi) is 5.83. The summed E-state index contributed by atoms with van der Waals surface area (Å²) in [6.45, 7) is 1.72. The van der Waals surface area contributed by atoms with Crippen molar-refractivity contribution in [3.05, 3.63) is 29.8 Å². The van der Waals surface area contributed by atoms with Gasteiger partial charge in [-0.3, -0.25) is 4.79 Å². The van der Waals surface area contributed by atoms with E-state index >= 15 is 0 Å². The van der Waals surface area contributed by atoms with E-state index in [0.29, 0.717) is 19.0 Å². The molecule has 0 saturated carbocycles. The number of aliphatic carboxylic acids is 1. The number of carboxylic acids is 1. The maximum absolute atomic E-state index is 10.6. The summed E-state index contributed by atoms with van der Waals surface area (Å²) in [6.07, 6.45) is 3.15. The predicted molar refractivity (Wildman–Crippen MR) is 72.8 cm³/mol. The van der Waals surface area contributed by atoms with Crippen LogP contribution in [0, 0.1) is 0 Å². The number of carbonyl (C=O) groups is 1. The zero-order valence-electron chi connectivity index (χ0n) is 11.4. The fourth-order valence-electron chi connectivity index (χ4n) is 2.06. The van der Waals surface area contributed by atoms with Gasteiger partial charge in [-0.05, 0) is 37.0 Å². The summed E-state index contributed by atoms with van der Waals surface area (Å²) in [5, 5.41) is 8.67. The van der Waals surface area contributed by atoms with E-state index in [-0.39, 0.29) is 12.7 Å². The number of hydrogen-bond donors (Lipinski definition) is 1. The van der Waals surface area contributed by atoms with Crippen LogP contribution in [0.25, 0.3) is 0 Å². The Morgan fingerprint density at radius 3 is 2.70 bits per heavy atom. The summed E-state index contributed by atoms with van der Waals surface area (Å²) in [7, 11) is 0. The van der Waals surface area contributed by atoms with E-state index in [1.54, 1.807) is 24.3 Å². The first-order valence-corrected chi connectivity index (χ1v) is 6.91. The molecule has 1 N–H and O–H groups in total. The first-order chi connectivity index (χ1) is 9.74. The van der Waals surface area contributed by atoms with Crippen molar-refractivity contribution in [2.75, 3.05) is 19.8 Å². The first kappa shape index (κ1) is 14.8. The molecule has 1 unspecified atom stereocenters. The van der Waals surface area contributed by atoms with E-state index in [1.807, 2.05) is 0 Å². The maximum Gasteiger partial charge on any atom is 0.307 e. The molecule has 0 aliphatic carbocycles. The van der Waals surface area contributed by atoms with Crippen LogP contribution >= 0.6 is 0 Å². The SMILES string of the molecule is O=C(O)Cc1ccc(OCCOC2CCCCO2)cc1. The highest BCUT2D eigenvalue weighted by Gasteiger charge is 2.13. The van der Waals surface area contributed by atoms with Crippen LogP contribution in [0.3, 0.4) is 0 Å². The molecule has 0 aromatic heterocycles. The van der Waals surface area contributed by atoms with Crippen molar-refractivity contribution in [3.8, 4) is 5.75 Å². The van der Waals surface area contributed by atoms with Gasteiger partial charge in [0.2, 0.25) is 0 Å². The standard InChI is InChI=1S/C15H20O5/c16-14(17)11-12-4-6-13(7-5-12)18-9-10-20-15-3-1-2-8-19-15/h4-7,15H,1-3,8-11H2,(H,16,17). The number of rotatable bonds is 7. The predicted octanol–water partition coefficient (Wildman–Crippen LogP) is 2.24. The second-order valence-corrected chi connectivity index (χ2v) is 4.73. The van der Waals surface area contributed by atoms with E-state index in [1.165, 1.54) is 0 Å². The van der Waals surface area contributed by atoms with Crippen LogP contribution in [-0.2, 0) is 20.7 Å². The molecule has 110 valence electrons.